The lowest BCUT2D eigenvalue weighted by Crippen LogP contribution is -2.40. The van der Waals surface area contributed by atoms with Crippen LogP contribution in [0.4, 0.5) is 0 Å². The predicted molar refractivity (Wildman–Crippen MR) is 123 cm³/mol. The number of aryl methyl sites for hydroxylation is 2. The molecule has 2 N–H and O–H groups in total. The summed E-state index contributed by atoms with van der Waals surface area (Å²) in [6.07, 6.45) is 0.647. The number of fused-ring (bicyclic) bond motifs is 1. The van der Waals surface area contributed by atoms with Crippen LogP contribution in [0.3, 0.4) is 0 Å². The van der Waals surface area contributed by atoms with Crippen molar-refractivity contribution in [3.05, 3.63) is 53.9 Å². The van der Waals surface area contributed by atoms with E-state index in [0.29, 0.717) is 44.1 Å². The molecule has 1 aromatic heterocycles. The van der Waals surface area contributed by atoms with Crippen molar-refractivity contribution in [2.75, 3.05) is 26.3 Å². The number of hydrogen-bond donors (Lipinski definition) is 2. The minimum atomic E-state index is -3.60. The first-order valence-corrected chi connectivity index (χ1v) is 12.3. The minimum absolute atomic E-state index is 0.131. The number of benzene rings is 2. The van der Waals surface area contributed by atoms with Gasteiger partial charge in [-0.2, -0.15) is 4.31 Å². The number of morpholine rings is 1. The predicted octanol–water partition coefficient (Wildman–Crippen LogP) is 2.11. The molecule has 0 saturated carbocycles. The molecule has 1 aliphatic heterocycles. The Labute approximate surface area is 193 Å². The third-order valence-electron chi connectivity index (χ3n) is 5.88. The Kier molecular flexibility index (Phi) is 6.68. The molecule has 2 heterocycles. The first-order chi connectivity index (χ1) is 15.8. The number of carbonyl (C=O) groups is 1. The van der Waals surface area contributed by atoms with E-state index in [-0.39, 0.29) is 29.0 Å². The van der Waals surface area contributed by atoms with Gasteiger partial charge < -0.3 is 19.7 Å². The fraction of sp³-hybridized carbons (Fsp3) is 0.391. The molecular formula is C23H28N4O5S. The van der Waals surface area contributed by atoms with Crippen molar-refractivity contribution in [1.82, 2.24) is 19.2 Å². The topological polar surface area (TPSA) is 114 Å². The van der Waals surface area contributed by atoms with E-state index in [1.807, 2.05) is 24.6 Å². The van der Waals surface area contributed by atoms with Crippen molar-refractivity contribution in [3.63, 3.8) is 0 Å². The van der Waals surface area contributed by atoms with Crippen molar-refractivity contribution < 1.29 is 23.1 Å². The quantitative estimate of drug-likeness (QED) is 0.545. The Morgan fingerprint density at radius 2 is 1.97 bits per heavy atom. The Balaban J connectivity index is 1.45. The van der Waals surface area contributed by atoms with Gasteiger partial charge in [-0.3, -0.25) is 4.79 Å². The number of sulfonamides is 1. The molecule has 176 valence electrons. The molecule has 1 atom stereocenters. The molecule has 0 aliphatic carbocycles. The van der Waals surface area contributed by atoms with Crippen LogP contribution in [0.25, 0.3) is 11.0 Å². The van der Waals surface area contributed by atoms with E-state index in [2.05, 4.69) is 10.3 Å². The number of aromatic nitrogens is 2. The van der Waals surface area contributed by atoms with Gasteiger partial charge in [0.05, 0.1) is 35.2 Å². The number of aromatic hydroxyl groups is 1. The average molecular weight is 473 g/mol. The fourth-order valence-corrected chi connectivity index (χ4v) is 5.39. The molecule has 1 saturated heterocycles. The Morgan fingerprint density at radius 1 is 1.21 bits per heavy atom. The van der Waals surface area contributed by atoms with E-state index in [1.165, 1.54) is 4.31 Å². The first-order valence-electron chi connectivity index (χ1n) is 10.9. The van der Waals surface area contributed by atoms with Crippen LogP contribution in [0, 0.1) is 0 Å². The molecule has 1 unspecified atom stereocenters. The first kappa shape index (κ1) is 23.2. The number of phenolic OH excluding ortho intramolecular Hbond substituents is 1. The normalized spacial score (nSPS) is 16.1. The number of hydrogen-bond acceptors (Lipinski definition) is 6. The van der Waals surface area contributed by atoms with Crippen LogP contribution in [-0.2, 0) is 33.0 Å². The highest BCUT2D eigenvalue weighted by atomic mass is 32.2. The molecule has 33 heavy (non-hydrogen) atoms. The fourth-order valence-electron chi connectivity index (χ4n) is 3.97. The molecule has 9 nitrogen and oxygen atoms in total. The summed E-state index contributed by atoms with van der Waals surface area (Å²) < 4.78 is 34.5. The van der Waals surface area contributed by atoms with E-state index in [1.54, 1.807) is 36.4 Å². The third kappa shape index (κ3) is 5.02. The van der Waals surface area contributed by atoms with Crippen LogP contribution in [-0.4, -0.2) is 59.6 Å². The lowest BCUT2D eigenvalue weighted by molar-refractivity contribution is -0.121. The second-order valence-electron chi connectivity index (χ2n) is 8.14. The van der Waals surface area contributed by atoms with Gasteiger partial charge in [0.25, 0.3) is 0 Å². The number of ether oxygens (including phenoxy) is 1. The minimum Gasteiger partial charge on any atom is -0.508 e. The summed E-state index contributed by atoms with van der Waals surface area (Å²) in [5.41, 5.74) is 2.20. The molecule has 0 bridgehead atoms. The maximum Gasteiger partial charge on any atom is 0.243 e. The van der Waals surface area contributed by atoms with Gasteiger partial charge in [-0.15, -0.1) is 0 Å². The molecule has 3 aromatic rings. The van der Waals surface area contributed by atoms with Gasteiger partial charge in [0.15, 0.2) is 0 Å². The molecule has 1 fully saturated rings. The summed E-state index contributed by atoms with van der Waals surface area (Å²) in [5, 5.41) is 12.6. The van der Waals surface area contributed by atoms with Crippen molar-refractivity contribution in [3.8, 4) is 5.75 Å². The van der Waals surface area contributed by atoms with Gasteiger partial charge in [-0.1, -0.05) is 12.1 Å². The summed E-state index contributed by atoms with van der Waals surface area (Å²) in [5.74, 6) is 0.725. The summed E-state index contributed by atoms with van der Waals surface area (Å²) in [6, 6.07) is 11.5. The molecule has 10 heteroatoms. The summed E-state index contributed by atoms with van der Waals surface area (Å²) in [7, 11) is -1.75. The number of amides is 1. The lowest BCUT2D eigenvalue weighted by Gasteiger charge is -2.26. The van der Waals surface area contributed by atoms with E-state index in [4.69, 9.17) is 4.74 Å². The second kappa shape index (κ2) is 9.50. The van der Waals surface area contributed by atoms with Crippen molar-refractivity contribution in [1.29, 1.82) is 0 Å². The Morgan fingerprint density at radius 3 is 2.70 bits per heavy atom. The lowest BCUT2D eigenvalue weighted by atomic mass is 10.1. The van der Waals surface area contributed by atoms with E-state index in [0.717, 1.165) is 11.1 Å². The summed E-state index contributed by atoms with van der Waals surface area (Å²) in [6.45, 7) is 3.31. The van der Waals surface area contributed by atoms with E-state index in [9.17, 15) is 18.3 Å². The van der Waals surface area contributed by atoms with Gasteiger partial charge in [0.1, 0.15) is 11.6 Å². The van der Waals surface area contributed by atoms with Gasteiger partial charge in [-0.25, -0.2) is 13.4 Å². The molecule has 1 aliphatic rings. The van der Waals surface area contributed by atoms with Gasteiger partial charge >= 0.3 is 0 Å². The van der Waals surface area contributed by atoms with Crippen LogP contribution >= 0.6 is 0 Å². The maximum atomic E-state index is 12.9. The zero-order valence-corrected chi connectivity index (χ0v) is 19.5. The van der Waals surface area contributed by atoms with Crippen LogP contribution in [0.1, 0.15) is 30.8 Å². The molecule has 0 radical (unpaired) electrons. The molecule has 1 amide bonds. The van der Waals surface area contributed by atoms with Crippen LogP contribution < -0.4 is 5.32 Å². The number of carbonyl (C=O) groups excluding carboxylic acids is 1. The van der Waals surface area contributed by atoms with Crippen LogP contribution in [0.2, 0.25) is 0 Å². The average Bonchev–Trinajstić information content (AvgIpc) is 3.13. The second-order valence-corrected chi connectivity index (χ2v) is 10.1. The number of imidazole rings is 1. The summed E-state index contributed by atoms with van der Waals surface area (Å²) >= 11 is 0. The van der Waals surface area contributed by atoms with Gasteiger partial charge in [0.2, 0.25) is 15.9 Å². The highest BCUT2D eigenvalue weighted by molar-refractivity contribution is 7.89. The zero-order chi connectivity index (χ0) is 23.6. The molecular weight excluding hydrogens is 444 g/mol. The monoisotopic (exact) mass is 472 g/mol. The number of rotatable bonds is 7. The van der Waals surface area contributed by atoms with E-state index >= 15 is 0 Å². The van der Waals surface area contributed by atoms with Crippen LogP contribution in [0.15, 0.2) is 47.4 Å². The SMILES string of the molecule is CC(NC(=O)CCc1nc2cc(S(=O)(=O)N3CCOCC3)ccc2n1C)c1cccc(O)c1. The molecule has 2 aromatic carbocycles. The third-order valence-corrected chi connectivity index (χ3v) is 7.77. The van der Waals surface area contributed by atoms with Crippen LogP contribution in [0.5, 0.6) is 5.75 Å². The number of nitrogens with zero attached hydrogens (tertiary/aromatic N) is 3. The van der Waals surface area contributed by atoms with Crippen molar-refractivity contribution in [2.45, 2.75) is 30.7 Å². The highest BCUT2D eigenvalue weighted by Crippen LogP contribution is 2.24. The summed E-state index contributed by atoms with van der Waals surface area (Å²) in [4.78, 5) is 17.3. The van der Waals surface area contributed by atoms with Crippen molar-refractivity contribution >= 4 is 27.0 Å². The number of phenols is 1. The molecule has 4 rings (SSSR count). The molecule has 0 spiro atoms. The largest absolute Gasteiger partial charge is 0.508 e. The number of nitrogens with one attached hydrogen (secondary N) is 1. The smallest absolute Gasteiger partial charge is 0.243 e. The standard InChI is InChI=1S/C23H28N4O5S/c1-16(17-4-3-5-18(28)14-17)24-23(29)9-8-22-25-20-15-19(6-7-21(20)26(22)2)33(30,31)27-10-12-32-13-11-27/h3-7,14-16,28H,8-13H2,1-2H3,(H,24,29). The van der Waals surface area contributed by atoms with Crippen molar-refractivity contribution in [2.24, 2.45) is 7.05 Å². The Hall–Kier alpha value is -2.95. The Bertz CT molecular complexity index is 1270. The zero-order valence-electron chi connectivity index (χ0n) is 18.7. The maximum absolute atomic E-state index is 12.9. The highest BCUT2D eigenvalue weighted by Gasteiger charge is 2.27. The van der Waals surface area contributed by atoms with Gasteiger partial charge in [-0.05, 0) is 42.8 Å². The van der Waals surface area contributed by atoms with E-state index < -0.39 is 10.0 Å². The van der Waals surface area contributed by atoms with Gasteiger partial charge in [0, 0.05) is 33.0 Å².